The van der Waals surface area contributed by atoms with Gasteiger partial charge in [-0.15, -0.1) is 0 Å². The maximum atomic E-state index is 12.2. The summed E-state index contributed by atoms with van der Waals surface area (Å²) in [4.78, 5) is 10.8. The van der Waals surface area contributed by atoms with E-state index >= 15 is 0 Å². The zero-order chi connectivity index (χ0) is 14.8. The Morgan fingerprint density at radius 3 is 2.35 bits per heavy atom. The predicted octanol–water partition coefficient (Wildman–Crippen LogP) is 2.49. The van der Waals surface area contributed by atoms with Gasteiger partial charge in [0, 0.05) is 5.69 Å². The molecule has 2 rings (SSSR count). The average Bonchev–Trinajstić information content (AvgIpc) is 2.41. The van der Waals surface area contributed by atoms with E-state index in [9.17, 15) is 13.2 Å². The van der Waals surface area contributed by atoms with E-state index in [4.69, 9.17) is 5.11 Å². The van der Waals surface area contributed by atoms with Crippen LogP contribution in [0.3, 0.4) is 0 Å². The fourth-order valence-corrected chi connectivity index (χ4v) is 2.74. The standard InChI is InChI=1S/C14H13NO4S/c1-10-5-7-12(8-6-10)15-20(18,19)13-4-2-3-11(9-13)14(16)17/h2-9,15H,1H3,(H,16,17). The highest BCUT2D eigenvalue weighted by Crippen LogP contribution is 2.17. The summed E-state index contributed by atoms with van der Waals surface area (Å²) in [5.74, 6) is -1.17. The van der Waals surface area contributed by atoms with E-state index in [1.165, 1.54) is 18.2 Å². The smallest absolute Gasteiger partial charge is 0.335 e. The van der Waals surface area contributed by atoms with Crippen molar-refractivity contribution in [1.29, 1.82) is 0 Å². The molecule has 0 radical (unpaired) electrons. The summed E-state index contributed by atoms with van der Waals surface area (Å²) < 4.78 is 26.7. The topological polar surface area (TPSA) is 83.5 Å². The third-order valence-corrected chi connectivity index (χ3v) is 4.07. The van der Waals surface area contributed by atoms with Gasteiger partial charge in [0.15, 0.2) is 0 Å². The number of carboxylic acid groups (broad SMARTS) is 1. The SMILES string of the molecule is Cc1ccc(NS(=O)(=O)c2cccc(C(=O)O)c2)cc1. The van der Waals surface area contributed by atoms with E-state index in [0.717, 1.165) is 11.6 Å². The number of rotatable bonds is 4. The summed E-state index contributed by atoms with van der Waals surface area (Å²) in [6, 6.07) is 12.1. The molecule has 0 fully saturated rings. The number of aryl methyl sites for hydroxylation is 1. The average molecular weight is 291 g/mol. The zero-order valence-electron chi connectivity index (χ0n) is 10.7. The van der Waals surface area contributed by atoms with Gasteiger partial charge in [-0.25, -0.2) is 13.2 Å². The van der Waals surface area contributed by atoms with Crippen LogP contribution in [-0.2, 0) is 10.0 Å². The molecule has 0 bridgehead atoms. The van der Waals surface area contributed by atoms with Crippen molar-refractivity contribution in [2.24, 2.45) is 0 Å². The molecule has 2 aromatic carbocycles. The van der Waals surface area contributed by atoms with Crippen LogP contribution in [0.15, 0.2) is 53.4 Å². The minimum absolute atomic E-state index is 0.0724. The molecule has 0 spiro atoms. The summed E-state index contributed by atoms with van der Waals surface area (Å²) >= 11 is 0. The van der Waals surface area contributed by atoms with Crippen LogP contribution in [0.4, 0.5) is 5.69 Å². The van der Waals surface area contributed by atoms with Crippen molar-refractivity contribution in [3.8, 4) is 0 Å². The molecule has 0 aliphatic rings. The molecule has 0 saturated heterocycles. The first kappa shape index (κ1) is 14.1. The number of nitrogens with one attached hydrogen (secondary N) is 1. The van der Waals surface area contributed by atoms with Gasteiger partial charge in [0.25, 0.3) is 10.0 Å². The quantitative estimate of drug-likeness (QED) is 0.906. The fraction of sp³-hybridized carbons (Fsp3) is 0.0714. The molecular formula is C14H13NO4S. The number of carboxylic acids is 1. The monoisotopic (exact) mass is 291 g/mol. The summed E-state index contributed by atoms with van der Waals surface area (Å²) in [5.41, 5.74) is 1.37. The van der Waals surface area contributed by atoms with Gasteiger partial charge in [-0.05, 0) is 37.3 Å². The second-order valence-corrected chi connectivity index (χ2v) is 5.99. The third-order valence-electron chi connectivity index (χ3n) is 2.70. The van der Waals surface area contributed by atoms with Crippen molar-refractivity contribution in [3.05, 3.63) is 59.7 Å². The number of hydrogen-bond acceptors (Lipinski definition) is 3. The van der Waals surface area contributed by atoms with Crippen molar-refractivity contribution in [2.45, 2.75) is 11.8 Å². The van der Waals surface area contributed by atoms with Gasteiger partial charge >= 0.3 is 5.97 Å². The van der Waals surface area contributed by atoms with E-state index in [1.807, 2.05) is 6.92 Å². The van der Waals surface area contributed by atoms with Gasteiger partial charge < -0.3 is 5.11 Å². The molecule has 20 heavy (non-hydrogen) atoms. The Labute approximate surface area is 116 Å². The van der Waals surface area contributed by atoms with Crippen LogP contribution in [0, 0.1) is 6.92 Å². The molecule has 0 unspecified atom stereocenters. The molecule has 0 aliphatic carbocycles. The van der Waals surface area contributed by atoms with E-state index < -0.39 is 16.0 Å². The van der Waals surface area contributed by atoms with Gasteiger partial charge in [-0.1, -0.05) is 23.8 Å². The van der Waals surface area contributed by atoms with Crippen LogP contribution in [0.1, 0.15) is 15.9 Å². The maximum Gasteiger partial charge on any atom is 0.335 e. The minimum Gasteiger partial charge on any atom is -0.478 e. The van der Waals surface area contributed by atoms with Gasteiger partial charge in [-0.2, -0.15) is 0 Å². The number of aromatic carboxylic acids is 1. The summed E-state index contributed by atoms with van der Waals surface area (Å²) in [5, 5.41) is 8.88. The van der Waals surface area contributed by atoms with Crippen LogP contribution in [-0.4, -0.2) is 19.5 Å². The van der Waals surface area contributed by atoms with E-state index in [-0.39, 0.29) is 10.5 Å². The van der Waals surface area contributed by atoms with E-state index in [1.54, 1.807) is 24.3 Å². The lowest BCUT2D eigenvalue weighted by atomic mass is 10.2. The van der Waals surface area contributed by atoms with Gasteiger partial charge in [0.1, 0.15) is 0 Å². The van der Waals surface area contributed by atoms with Crippen molar-refractivity contribution >= 4 is 21.7 Å². The van der Waals surface area contributed by atoms with Crippen LogP contribution in [0.2, 0.25) is 0 Å². The van der Waals surface area contributed by atoms with E-state index in [2.05, 4.69) is 4.72 Å². The summed E-state index contributed by atoms with van der Waals surface area (Å²) in [6.45, 7) is 1.90. The molecule has 0 aromatic heterocycles. The van der Waals surface area contributed by atoms with Crippen molar-refractivity contribution in [2.75, 3.05) is 4.72 Å². The summed E-state index contributed by atoms with van der Waals surface area (Å²) in [6.07, 6.45) is 0. The predicted molar refractivity (Wildman–Crippen MR) is 75.4 cm³/mol. The summed E-state index contributed by atoms with van der Waals surface area (Å²) in [7, 11) is -3.80. The first-order valence-corrected chi connectivity index (χ1v) is 7.30. The Hall–Kier alpha value is -2.34. The number of carbonyl (C=O) groups is 1. The Morgan fingerprint density at radius 1 is 1.10 bits per heavy atom. The van der Waals surface area contributed by atoms with Gasteiger partial charge in [-0.3, -0.25) is 4.72 Å². The second kappa shape index (κ2) is 5.34. The van der Waals surface area contributed by atoms with Crippen LogP contribution >= 0.6 is 0 Å². The highest BCUT2D eigenvalue weighted by molar-refractivity contribution is 7.92. The lowest BCUT2D eigenvalue weighted by molar-refractivity contribution is 0.0696. The second-order valence-electron chi connectivity index (χ2n) is 4.30. The lowest BCUT2D eigenvalue weighted by Crippen LogP contribution is -2.13. The van der Waals surface area contributed by atoms with Crippen molar-refractivity contribution < 1.29 is 18.3 Å². The van der Waals surface area contributed by atoms with Crippen molar-refractivity contribution in [3.63, 3.8) is 0 Å². The largest absolute Gasteiger partial charge is 0.478 e. The first-order valence-electron chi connectivity index (χ1n) is 5.81. The van der Waals surface area contributed by atoms with E-state index in [0.29, 0.717) is 5.69 Å². The highest BCUT2D eigenvalue weighted by atomic mass is 32.2. The highest BCUT2D eigenvalue weighted by Gasteiger charge is 2.16. The van der Waals surface area contributed by atoms with Crippen LogP contribution in [0.5, 0.6) is 0 Å². The Kier molecular flexibility index (Phi) is 3.76. The molecule has 0 atom stereocenters. The van der Waals surface area contributed by atoms with Gasteiger partial charge in [0.05, 0.1) is 10.5 Å². The normalized spacial score (nSPS) is 11.1. The number of benzene rings is 2. The Balaban J connectivity index is 2.33. The molecule has 0 heterocycles. The number of hydrogen-bond donors (Lipinski definition) is 2. The third kappa shape index (κ3) is 3.16. The lowest BCUT2D eigenvalue weighted by Gasteiger charge is -2.08. The zero-order valence-corrected chi connectivity index (χ0v) is 11.5. The Morgan fingerprint density at radius 2 is 1.75 bits per heavy atom. The molecule has 2 aromatic rings. The first-order chi connectivity index (χ1) is 9.38. The minimum atomic E-state index is -3.80. The molecular weight excluding hydrogens is 278 g/mol. The van der Waals surface area contributed by atoms with Gasteiger partial charge in [0.2, 0.25) is 0 Å². The number of anilines is 1. The molecule has 0 saturated carbocycles. The van der Waals surface area contributed by atoms with Crippen molar-refractivity contribution in [1.82, 2.24) is 0 Å². The fourth-order valence-electron chi connectivity index (χ4n) is 1.63. The number of sulfonamides is 1. The molecule has 0 aliphatic heterocycles. The molecule has 0 amide bonds. The molecule has 5 nitrogen and oxygen atoms in total. The Bertz CT molecular complexity index is 736. The molecule has 6 heteroatoms. The molecule has 2 N–H and O–H groups in total. The maximum absolute atomic E-state index is 12.2. The molecule has 104 valence electrons. The van der Waals surface area contributed by atoms with Crippen LogP contribution < -0.4 is 4.72 Å². The van der Waals surface area contributed by atoms with Crippen LogP contribution in [0.25, 0.3) is 0 Å².